The average Bonchev–Trinajstić information content (AvgIpc) is 2.69. The molecule has 0 aromatic heterocycles. The van der Waals surface area contributed by atoms with Crippen molar-refractivity contribution in [3.8, 4) is 5.75 Å². The molecular weight excluding hydrogens is 364 g/mol. The predicted molar refractivity (Wildman–Crippen MR) is 104 cm³/mol. The molecule has 27 heavy (non-hydrogen) atoms. The fourth-order valence-corrected chi connectivity index (χ4v) is 4.86. The van der Waals surface area contributed by atoms with Crippen LogP contribution in [0.15, 0.2) is 53.4 Å². The van der Waals surface area contributed by atoms with Crippen LogP contribution in [-0.4, -0.2) is 38.3 Å². The second-order valence-corrected chi connectivity index (χ2v) is 8.55. The van der Waals surface area contributed by atoms with E-state index in [9.17, 15) is 13.2 Å². The monoisotopic (exact) mass is 388 g/mol. The second-order valence-electron chi connectivity index (χ2n) is 6.66. The lowest BCUT2D eigenvalue weighted by Gasteiger charge is -2.33. The molecule has 1 heterocycles. The highest BCUT2D eigenvalue weighted by molar-refractivity contribution is 7.89. The van der Waals surface area contributed by atoms with Crippen LogP contribution in [0.25, 0.3) is 0 Å². The van der Waals surface area contributed by atoms with E-state index in [1.165, 1.54) is 4.31 Å². The molecule has 1 aliphatic heterocycles. The fourth-order valence-electron chi connectivity index (χ4n) is 3.20. The Labute approximate surface area is 160 Å². The summed E-state index contributed by atoms with van der Waals surface area (Å²) in [6.45, 7) is 2.25. The minimum atomic E-state index is -3.72. The third-order valence-corrected chi connectivity index (χ3v) is 6.66. The molecule has 0 spiro atoms. The number of anilines is 1. The highest BCUT2D eigenvalue weighted by atomic mass is 32.2. The SMILES string of the molecule is COc1ccc(NC(=O)[C@H]2CCCCN2S(=O)(=O)c2ccc(C)cc2)cc1. The lowest BCUT2D eigenvalue weighted by atomic mass is 10.0. The number of ether oxygens (including phenoxy) is 1. The number of rotatable bonds is 5. The number of nitrogens with one attached hydrogen (secondary N) is 1. The van der Waals surface area contributed by atoms with Crippen molar-refractivity contribution < 1.29 is 17.9 Å². The Kier molecular flexibility index (Phi) is 5.82. The molecule has 2 aromatic rings. The summed E-state index contributed by atoms with van der Waals surface area (Å²) >= 11 is 0. The van der Waals surface area contributed by atoms with E-state index in [4.69, 9.17) is 4.74 Å². The number of piperidine rings is 1. The van der Waals surface area contributed by atoms with Crippen LogP contribution in [0, 0.1) is 6.92 Å². The summed E-state index contributed by atoms with van der Waals surface area (Å²) in [5, 5.41) is 2.82. The largest absolute Gasteiger partial charge is 0.497 e. The number of nitrogens with zero attached hydrogens (tertiary/aromatic N) is 1. The van der Waals surface area contributed by atoms with Crippen molar-refractivity contribution in [2.75, 3.05) is 19.0 Å². The first-order valence-electron chi connectivity index (χ1n) is 8.95. The van der Waals surface area contributed by atoms with Crippen molar-refractivity contribution in [2.45, 2.75) is 37.1 Å². The molecule has 2 aromatic carbocycles. The van der Waals surface area contributed by atoms with Crippen molar-refractivity contribution in [1.82, 2.24) is 4.31 Å². The van der Waals surface area contributed by atoms with Crippen molar-refractivity contribution >= 4 is 21.6 Å². The van der Waals surface area contributed by atoms with Crippen LogP contribution in [-0.2, 0) is 14.8 Å². The molecule has 1 fully saturated rings. The van der Waals surface area contributed by atoms with E-state index in [0.29, 0.717) is 24.4 Å². The second kappa shape index (κ2) is 8.10. The van der Waals surface area contributed by atoms with E-state index in [2.05, 4.69) is 5.32 Å². The highest BCUT2D eigenvalue weighted by Gasteiger charge is 2.37. The zero-order valence-electron chi connectivity index (χ0n) is 15.5. The molecule has 3 rings (SSSR count). The van der Waals surface area contributed by atoms with E-state index in [1.807, 2.05) is 6.92 Å². The van der Waals surface area contributed by atoms with E-state index >= 15 is 0 Å². The molecule has 0 unspecified atom stereocenters. The summed E-state index contributed by atoms with van der Waals surface area (Å²) in [6, 6.07) is 13.0. The summed E-state index contributed by atoms with van der Waals surface area (Å²) in [6.07, 6.45) is 2.07. The first-order chi connectivity index (χ1) is 12.9. The number of sulfonamides is 1. The molecular formula is C20H24N2O4S. The van der Waals surface area contributed by atoms with Crippen molar-refractivity contribution in [2.24, 2.45) is 0 Å². The van der Waals surface area contributed by atoms with Gasteiger partial charge in [-0.15, -0.1) is 0 Å². The molecule has 0 saturated carbocycles. The smallest absolute Gasteiger partial charge is 0.243 e. The van der Waals surface area contributed by atoms with Gasteiger partial charge in [0.2, 0.25) is 15.9 Å². The molecule has 1 amide bonds. The summed E-state index contributed by atoms with van der Waals surface area (Å²) in [7, 11) is -2.15. The van der Waals surface area contributed by atoms with Crippen LogP contribution >= 0.6 is 0 Å². The van der Waals surface area contributed by atoms with Gasteiger partial charge in [0.15, 0.2) is 0 Å². The van der Waals surface area contributed by atoms with Crippen molar-refractivity contribution in [1.29, 1.82) is 0 Å². The molecule has 1 aliphatic rings. The summed E-state index contributed by atoms with van der Waals surface area (Å²) in [4.78, 5) is 13.0. The molecule has 1 saturated heterocycles. The van der Waals surface area contributed by atoms with Crippen LogP contribution in [0.4, 0.5) is 5.69 Å². The van der Waals surface area contributed by atoms with Gasteiger partial charge in [0.1, 0.15) is 11.8 Å². The Hall–Kier alpha value is -2.38. The number of hydrogen-bond donors (Lipinski definition) is 1. The van der Waals surface area contributed by atoms with Crippen molar-refractivity contribution in [3.63, 3.8) is 0 Å². The third-order valence-electron chi connectivity index (χ3n) is 4.74. The summed E-state index contributed by atoms with van der Waals surface area (Å²) < 4.78 is 32.6. The Morgan fingerprint density at radius 1 is 1.07 bits per heavy atom. The van der Waals surface area contributed by atoms with Crippen LogP contribution in [0.1, 0.15) is 24.8 Å². The Balaban J connectivity index is 1.81. The summed E-state index contributed by atoms with van der Waals surface area (Å²) in [5.74, 6) is 0.379. The van der Waals surface area contributed by atoms with Gasteiger partial charge in [0, 0.05) is 12.2 Å². The van der Waals surface area contributed by atoms with Crippen LogP contribution in [0.3, 0.4) is 0 Å². The Morgan fingerprint density at radius 3 is 2.37 bits per heavy atom. The number of hydrogen-bond acceptors (Lipinski definition) is 4. The van der Waals surface area contributed by atoms with E-state index < -0.39 is 16.1 Å². The van der Waals surface area contributed by atoms with Gasteiger partial charge in [-0.1, -0.05) is 24.1 Å². The normalized spacial score (nSPS) is 18.1. The maximum Gasteiger partial charge on any atom is 0.243 e. The standard InChI is InChI=1S/C20H24N2O4S/c1-15-6-12-18(13-7-15)27(24,25)22-14-4-3-5-19(22)20(23)21-16-8-10-17(26-2)11-9-16/h6-13,19H,3-5,14H2,1-2H3,(H,21,23)/t19-/m1/s1. The van der Waals surface area contributed by atoms with Crippen molar-refractivity contribution in [3.05, 3.63) is 54.1 Å². The lowest BCUT2D eigenvalue weighted by Crippen LogP contribution is -2.49. The molecule has 144 valence electrons. The molecule has 0 bridgehead atoms. The zero-order chi connectivity index (χ0) is 19.4. The topological polar surface area (TPSA) is 75.7 Å². The molecule has 7 heteroatoms. The number of carbonyl (C=O) groups excluding carboxylic acids is 1. The van der Waals surface area contributed by atoms with Gasteiger partial charge in [-0.3, -0.25) is 4.79 Å². The lowest BCUT2D eigenvalue weighted by molar-refractivity contribution is -0.120. The number of benzene rings is 2. The minimum Gasteiger partial charge on any atom is -0.497 e. The Bertz CT molecular complexity index is 893. The third kappa shape index (κ3) is 4.31. The first-order valence-corrected chi connectivity index (χ1v) is 10.4. The fraction of sp³-hybridized carbons (Fsp3) is 0.350. The van der Waals surface area contributed by atoms with Gasteiger partial charge < -0.3 is 10.1 Å². The van der Waals surface area contributed by atoms with E-state index in [-0.39, 0.29) is 10.8 Å². The van der Waals surface area contributed by atoms with Gasteiger partial charge in [-0.25, -0.2) is 8.42 Å². The number of aryl methyl sites for hydroxylation is 1. The maximum absolute atomic E-state index is 13.1. The first kappa shape index (κ1) is 19.4. The average molecular weight is 388 g/mol. The van der Waals surface area contributed by atoms with Gasteiger partial charge in [-0.05, 0) is 56.2 Å². The van der Waals surface area contributed by atoms with Crippen LogP contribution < -0.4 is 10.1 Å². The molecule has 1 N–H and O–H groups in total. The minimum absolute atomic E-state index is 0.220. The molecule has 6 nitrogen and oxygen atoms in total. The molecule has 0 aliphatic carbocycles. The molecule has 1 atom stereocenters. The number of methoxy groups -OCH3 is 1. The highest BCUT2D eigenvalue weighted by Crippen LogP contribution is 2.27. The predicted octanol–water partition coefficient (Wildman–Crippen LogP) is 3.19. The molecule has 0 radical (unpaired) electrons. The van der Waals surface area contributed by atoms with Gasteiger partial charge >= 0.3 is 0 Å². The number of carbonyl (C=O) groups is 1. The van der Waals surface area contributed by atoms with E-state index in [1.54, 1.807) is 55.6 Å². The zero-order valence-corrected chi connectivity index (χ0v) is 16.3. The maximum atomic E-state index is 13.1. The van der Waals surface area contributed by atoms with Gasteiger partial charge in [0.05, 0.1) is 12.0 Å². The van der Waals surface area contributed by atoms with Gasteiger partial charge in [0.25, 0.3) is 0 Å². The van der Waals surface area contributed by atoms with E-state index in [0.717, 1.165) is 18.4 Å². The van der Waals surface area contributed by atoms with Crippen LogP contribution in [0.5, 0.6) is 5.75 Å². The number of amides is 1. The summed E-state index contributed by atoms with van der Waals surface area (Å²) in [5.41, 5.74) is 1.60. The van der Waals surface area contributed by atoms with Gasteiger partial charge in [-0.2, -0.15) is 4.31 Å². The quantitative estimate of drug-likeness (QED) is 0.854. The Morgan fingerprint density at radius 2 is 1.74 bits per heavy atom. The van der Waals surface area contributed by atoms with Crippen LogP contribution in [0.2, 0.25) is 0 Å².